The Morgan fingerprint density at radius 3 is 2.67 bits per heavy atom. The van der Waals surface area contributed by atoms with Crippen LogP contribution >= 0.6 is 27.7 Å². The lowest BCUT2D eigenvalue weighted by molar-refractivity contribution is -0.137. The summed E-state index contributed by atoms with van der Waals surface area (Å²) >= 11 is 4.44. The van der Waals surface area contributed by atoms with Crippen molar-refractivity contribution in [2.24, 2.45) is 0 Å². The Balaban J connectivity index is 1.70. The first-order valence-corrected chi connectivity index (χ1v) is 9.55. The standard InChI is InChI=1S/C18H14BrF3N2O2S/c1-9-2-4-12(11(19)6-9)23-16(25)8-15-17(26)24-13-7-10(18(20,21)22)3-5-14(13)27-15/h2-7,15H,8H2,1H3,(H,23,25)(H,24,26)/t15-/m0/s1. The molecule has 27 heavy (non-hydrogen) atoms. The molecule has 142 valence electrons. The van der Waals surface area contributed by atoms with Gasteiger partial charge in [0.05, 0.1) is 22.2 Å². The van der Waals surface area contributed by atoms with E-state index in [1.165, 1.54) is 6.07 Å². The molecule has 1 atom stereocenters. The van der Waals surface area contributed by atoms with E-state index in [-0.39, 0.29) is 18.0 Å². The average Bonchev–Trinajstić information content (AvgIpc) is 2.57. The SMILES string of the molecule is Cc1ccc(NC(=O)C[C@@H]2Sc3ccc(C(F)(F)F)cc3NC2=O)c(Br)c1. The number of thioether (sulfide) groups is 1. The molecule has 0 aliphatic carbocycles. The van der Waals surface area contributed by atoms with Crippen molar-refractivity contribution in [1.29, 1.82) is 0 Å². The van der Waals surface area contributed by atoms with E-state index in [4.69, 9.17) is 0 Å². The van der Waals surface area contributed by atoms with Gasteiger partial charge in [0.25, 0.3) is 0 Å². The Labute approximate surface area is 166 Å². The van der Waals surface area contributed by atoms with Crippen LogP contribution in [0.2, 0.25) is 0 Å². The van der Waals surface area contributed by atoms with Crippen LogP contribution in [-0.2, 0) is 15.8 Å². The number of carbonyl (C=O) groups excluding carboxylic acids is 2. The first-order chi connectivity index (χ1) is 12.6. The third kappa shape index (κ3) is 4.65. The quantitative estimate of drug-likeness (QED) is 0.662. The Bertz CT molecular complexity index is 918. The molecule has 2 amide bonds. The molecule has 9 heteroatoms. The molecule has 1 heterocycles. The number of benzene rings is 2. The highest BCUT2D eigenvalue weighted by Gasteiger charge is 2.34. The molecule has 0 spiro atoms. The molecule has 2 aromatic rings. The number of rotatable bonds is 3. The van der Waals surface area contributed by atoms with Crippen LogP contribution in [-0.4, -0.2) is 17.1 Å². The van der Waals surface area contributed by atoms with E-state index in [1.54, 1.807) is 6.07 Å². The van der Waals surface area contributed by atoms with Crippen molar-refractivity contribution in [3.05, 3.63) is 52.0 Å². The summed E-state index contributed by atoms with van der Waals surface area (Å²) in [6.45, 7) is 1.92. The molecule has 4 nitrogen and oxygen atoms in total. The van der Waals surface area contributed by atoms with Gasteiger partial charge in [0.15, 0.2) is 0 Å². The summed E-state index contributed by atoms with van der Waals surface area (Å²) in [6.07, 6.45) is -4.58. The van der Waals surface area contributed by atoms with Crippen molar-refractivity contribution < 1.29 is 22.8 Å². The molecule has 1 aliphatic rings. The molecule has 0 radical (unpaired) electrons. The highest BCUT2D eigenvalue weighted by Crippen LogP contribution is 2.40. The van der Waals surface area contributed by atoms with Crippen molar-refractivity contribution >= 4 is 50.9 Å². The molecule has 0 fully saturated rings. The van der Waals surface area contributed by atoms with Gasteiger partial charge >= 0.3 is 6.18 Å². The lowest BCUT2D eigenvalue weighted by Crippen LogP contribution is -2.32. The van der Waals surface area contributed by atoms with Crippen molar-refractivity contribution in [2.75, 3.05) is 10.6 Å². The topological polar surface area (TPSA) is 58.2 Å². The van der Waals surface area contributed by atoms with Gasteiger partial charge < -0.3 is 10.6 Å². The molecule has 2 N–H and O–H groups in total. The van der Waals surface area contributed by atoms with E-state index in [1.807, 2.05) is 19.1 Å². The van der Waals surface area contributed by atoms with E-state index < -0.39 is 22.9 Å². The summed E-state index contributed by atoms with van der Waals surface area (Å²) in [5, 5.41) is 4.47. The maximum Gasteiger partial charge on any atom is 0.416 e. The van der Waals surface area contributed by atoms with Crippen LogP contribution in [0.4, 0.5) is 24.5 Å². The summed E-state index contributed by atoms with van der Waals surface area (Å²) in [5.41, 5.74) is 0.888. The number of carbonyl (C=O) groups is 2. The summed E-state index contributed by atoms with van der Waals surface area (Å²) in [4.78, 5) is 25.0. The first-order valence-electron chi connectivity index (χ1n) is 7.88. The van der Waals surface area contributed by atoms with Crippen LogP contribution in [0, 0.1) is 6.92 Å². The van der Waals surface area contributed by atoms with Crippen LogP contribution in [0.5, 0.6) is 0 Å². The zero-order valence-electron chi connectivity index (χ0n) is 14.0. The number of hydrogen-bond acceptors (Lipinski definition) is 3. The summed E-state index contributed by atoms with van der Waals surface area (Å²) in [6, 6.07) is 8.62. The van der Waals surface area contributed by atoms with Gasteiger partial charge in [-0.3, -0.25) is 9.59 Å². The number of aryl methyl sites for hydroxylation is 1. The van der Waals surface area contributed by atoms with Crippen LogP contribution in [0.15, 0.2) is 45.8 Å². The minimum absolute atomic E-state index is 0.0999. The maximum atomic E-state index is 12.8. The highest BCUT2D eigenvalue weighted by atomic mass is 79.9. The Kier molecular flexibility index (Phi) is 5.53. The van der Waals surface area contributed by atoms with Crippen LogP contribution in [0.25, 0.3) is 0 Å². The largest absolute Gasteiger partial charge is 0.416 e. The van der Waals surface area contributed by atoms with E-state index in [0.717, 1.165) is 33.9 Å². The predicted octanol–water partition coefficient (Wildman–Crippen LogP) is 5.22. The minimum atomic E-state index is -4.48. The van der Waals surface area contributed by atoms with E-state index in [0.29, 0.717) is 10.6 Å². The summed E-state index contributed by atoms with van der Waals surface area (Å²) in [7, 11) is 0. The lowest BCUT2D eigenvalue weighted by Gasteiger charge is -2.24. The maximum absolute atomic E-state index is 12.8. The van der Waals surface area contributed by atoms with Gasteiger partial charge in [-0.15, -0.1) is 11.8 Å². The fourth-order valence-electron chi connectivity index (χ4n) is 2.55. The molecule has 1 aliphatic heterocycles. The van der Waals surface area contributed by atoms with E-state index in [9.17, 15) is 22.8 Å². The predicted molar refractivity (Wildman–Crippen MR) is 102 cm³/mol. The van der Waals surface area contributed by atoms with Crippen molar-refractivity contribution in [3.63, 3.8) is 0 Å². The van der Waals surface area contributed by atoms with Gasteiger partial charge in [0, 0.05) is 15.8 Å². The van der Waals surface area contributed by atoms with Gasteiger partial charge in [-0.05, 0) is 58.7 Å². The molecular formula is C18H14BrF3N2O2S. The normalized spacial score (nSPS) is 16.5. The second-order valence-corrected chi connectivity index (χ2v) is 8.14. The average molecular weight is 459 g/mol. The van der Waals surface area contributed by atoms with Gasteiger partial charge in [-0.2, -0.15) is 13.2 Å². The lowest BCUT2D eigenvalue weighted by atomic mass is 10.1. The fraction of sp³-hybridized carbons (Fsp3) is 0.222. The number of fused-ring (bicyclic) bond motifs is 1. The molecule has 0 aromatic heterocycles. The second kappa shape index (κ2) is 7.55. The Morgan fingerprint density at radius 1 is 1.26 bits per heavy atom. The molecule has 0 bridgehead atoms. The summed E-state index contributed by atoms with van der Waals surface area (Å²) in [5.74, 6) is -0.854. The van der Waals surface area contributed by atoms with E-state index in [2.05, 4.69) is 26.6 Å². The van der Waals surface area contributed by atoms with Gasteiger partial charge in [-0.1, -0.05) is 6.07 Å². The molecular weight excluding hydrogens is 445 g/mol. The number of amides is 2. The van der Waals surface area contributed by atoms with Gasteiger partial charge in [-0.25, -0.2) is 0 Å². The third-order valence-electron chi connectivity index (χ3n) is 3.90. The number of halogens is 4. The number of alkyl halides is 3. The zero-order valence-corrected chi connectivity index (χ0v) is 16.4. The zero-order chi connectivity index (χ0) is 19.8. The van der Waals surface area contributed by atoms with Crippen molar-refractivity contribution in [1.82, 2.24) is 0 Å². The molecule has 2 aromatic carbocycles. The first kappa shape index (κ1) is 19.8. The third-order valence-corrected chi connectivity index (χ3v) is 5.83. The second-order valence-electron chi connectivity index (χ2n) is 6.04. The number of anilines is 2. The monoisotopic (exact) mass is 458 g/mol. The highest BCUT2D eigenvalue weighted by molar-refractivity contribution is 9.10. The molecule has 0 saturated heterocycles. The smallest absolute Gasteiger partial charge is 0.325 e. The number of hydrogen-bond donors (Lipinski definition) is 2. The Hall–Kier alpha value is -2.00. The van der Waals surface area contributed by atoms with E-state index >= 15 is 0 Å². The van der Waals surface area contributed by atoms with Crippen LogP contribution in [0.3, 0.4) is 0 Å². The number of nitrogens with one attached hydrogen (secondary N) is 2. The van der Waals surface area contributed by atoms with Crippen molar-refractivity contribution in [3.8, 4) is 0 Å². The van der Waals surface area contributed by atoms with Gasteiger partial charge in [0.2, 0.25) is 11.8 Å². The van der Waals surface area contributed by atoms with Crippen molar-refractivity contribution in [2.45, 2.75) is 29.7 Å². The molecule has 3 rings (SSSR count). The van der Waals surface area contributed by atoms with Crippen LogP contribution in [0.1, 0.15) is 17.5 Å². The minimum Gasteiger partial charge on any atom is -0.325 e. The summed E-state index contributed by atoms with van der Waals surface area (Å²) < 4.78 is 39.1. The van der Waals surface area contributed by atoms with Crippen LogP contribution < -0.4 is 10.6 Å². The fourth-order valence-corrected chi connectivity index (χ4v) is 4.24. The van der Waals surface area contributed by atoms with Gasteiger partial charge in [0.1, 0.15) is 0 Å². The Morgan fingerprint density at radius 2 is 2.00 bits per heavy atom. The molecule has 0 unspecified atom stereocenters. The molecule has 0 saturated carbocycles.